The average Bonchev–Trinajstić information content (AvgIpc) is 2.31. The largest absolute Gasteiger partial charge is 0.496 e. The van der Waals surface area contributed by atoms with Crippen molar-refractivity contribution in [2.45, 2.75) is 31.6 Å². The summed E-state index contributed by atoms with van der Waals surface area (Å²) >= 11 is 0. The van der Waals surface area contributed by atoms with Crippen LogP contribution < -0.4 is 4.74 Å². The highest BCUT2D eigenvalue weighted by molar-refractivity contribution is 5.42. The lowest BCUT2D eigenvalue weighted by atomic mass is 9.50. The fourth-order valence-corrected chi connectivity index (χ4v) is 3.65. The molecule has 0 unspecified atom stereocenters. The van der Waals surface area contributed by atoms with E-state index in [1.807, 2.05) is 6.07 Å². The van der Waals surface area contributed by atoms with Crippen molar-refractivity contribution in [1.82, 2.24) is 0 Å². The zero-order chi connectivity index (χ0) is 13.5. The molecule has 0 amide bonds. The molecule has 3 heteroatoms. The van der Waals surface area contributed by atoms with Crippen LogP contribution in [0.5, 0.6) is 5.75 Å². The van der Waals surface area contributed by atoms with Gasteiger partial charge in [-0.25, -0.2) is 0 Å². The SMILES string of the molecule is COc1ccc(C2(C3(CO)CCC3)COC2)cc1C. The second-order valence-electron chi connectivity index (χ2n) is 6.05. The molecule has 19 heavy (non-hydrogen) atoms. The number of methoxy groups -OCH3 is 1. The van der Waals surface area contributed by atoms with E-state index in [2.05, 4.69) is 19.1 Å². The quantitative estimate of drug-likeness (QED) is 0.905. The minimum atomic E-state index is 0.0109. The lowest BCUT2D eigenvalue weighted by molar-refractivity contribution is -0.173. The normalized spacial score (nSPS) is 23.3. The smallest absolute Gasteiger partial charge is 0.121 e. The molecule has 2 fully saturated rings. The van der Waals surface area contributed by atoms with Crippen LogP contribution in [0.15, 0.2) is 18.2 Å². The summed E-state index contributed by atoms with van der Waals surface area (Å²) in [6.45, 7) is 3.81. The van der Waals surface area contributed by atoms with Crippen LogP contribution in [-0.4, -0.2) is 32.0 Å². The Kier molecular flexibility index (Phi) is 3.06. The molecule has 1 saturated heterocycles. The topological polar surface area (TPSA) is 38.7 Å². The van der Waals surface area contributed by atoms with Crippen molar-refractivity contribution in [1.29, 1.82) is 0 Å². The summed E-state index contributed by atoms with van der Waals surface area (Å²) in [5.41, 5.74) is 2.49. The summed E-state index contributed by atoms with van der Waals surface area (Å²) in [5.74, 6) is 0.922. The molecule has 0 bridgehead atoms. The van der Waals surface area contributed by atoms with Gasteiger partial charge in [0.05, 0.1) is 20.3 Å². The monoisotopic (exact) mass is 262 g/mol. The fourth-order valence-electron chi connectivity index (χ4n) is 3.65. The Bertz CT molecular complexity index is 467. The first kappa shape index (κ1) is 12.9. The maximum Gasteiger partial charge on any atom is 0.121 e. The molecule has 1 aliphatic heterocycles. The molecule has 1 heterocycles. The molecule has 1 N–H and O–H groups in total. The first-order valence-corrected chi connectivity index (χ1v) is 7.01. The summed E-state index contributed by atoms with van der Waals surface area (Å²) in [4.78, 5) is 0. The third kappa shape index (κ3) is 1.65. The fraction of sp³-hybridized carbons (Fsp3) is 0.625. The van der Waals surface area contributed by atoms with E-state index in [1.54, 1.807) is 7.11 Å². The van der Waals surface area contributed by atoms with E-state index in [0.717, 1.165) is 37.4 Å². The van der Waals surface area contributed by atoms with E-state index < -0.39 is 0 Å². The summed E-state index contributed by atoms with van der Waals surface area (Å²) in [6, 6.07) is 6.38. The van der Waals surface area contributed by atoms with Gasteiger partial charge in [0, 0.05) is 17.4 Å². The molecular formula is C16H22O3. The maximum atomic E-state index is 9.89. The van der Waals surface area contributed by atoms with Crippen molar-refractivity contribution >= 4 is 0 Å². The van der Waals surface area contributed by atoms with Gasteiger partial charge in [0.15, 0.2) is 0 Å². The zero-order valence-electron chi connectivity index (χ0n) is 11.7. The van der Waals surface area contributed by atoms with Crippen LogP contribution >= 0.6 is 0 Å². The van der Waals surface area contributed by atoms with Crippen LogP contribution in [-0.2, 0) is 10.2 Å². The molecule has 104 valence electrons. The zero-order valence-corrected chi connectivity index (χ0v) is 11.7. The summed E-state index contributed by atoms with van der Waals surface area (Å²) in [7, 11) is 1.70. The Morgan fingerprint density at radius 3 is 2.42 bits per heavy atom. The molecule has 0 radical (unpaired) electrons. The minimum absolute atomic E-state index is 0.0109. The number of benzene rings is 1. The van der Waals surface area contributed by atoms with Gasteiger partial charge in [0.25, 0.3) is 0 Å². The van der Waals surface area contributed by atoms with E-state index in [0.29, 0.717) is 0 Å². The maximum absolute atomic E-state index is 9.89. The molecule has 1 aromatic carbocycles. The molecule has 0 spiro atoms. The Morgan fingerprint density at radius 2 is 2.05 bits per heavy atom. The highest BCUT2D eigenvalue weighted by atomic mass is 16.5. The van der Waals surface area contributed by atoms with Crippen molar-refractivity contribution in [3.05, 3.63) is 29.3 Å². The Morgan fingerprint density at radius 1 is 1.32 bits per heavy atom. The first-order valence-electron chi connectivity index (χ1n) is 7.01. The third-order valence-electron chi connectivity index (χ3n) is 5.27. The lowest BCUT2D eigenvalue weighted by Crippen LogP contribution is -2.63. The highest BCUT2D eigenvalue weighted by Crippen LogP contribution is 2.58. The first-order chi connectivity index (χ1) is 9.17. The van der Waals surface area contributed by atoms with Crippen LogP contribution in [0.4, 0.5) is 0 Å². The average molecular weight is 262 g/mol. The van der Waals surface area contributed by atoms with Gasteiger partial charge in [-0.05, 0) is 37.0 Å². The van der Waals surface area contributed by atoms with Gasteiger partial charge < -0.3 is 14.6 Å². The summed E-state index contributed by atoms with van der Waals surface area (Å²) in [6.07, 6.45) is 3.44. The van der Waals surface area contributed by atoms with Crippen LogP contribution in [0, 0.1) is 12.3 Å². The van der Waals surface area contributed by atoms with Gasteiger partial charge >= 0.3 is 0 Å². The van der Waals surface area contributed by atoms with Gasteiger partial charge in [-0.2, -0.15) is 0 Å². The van der Waals surface area contributed by atoms with E-state index >= 15 is 0 Å². The molecule has 0 atom stereocenters. The minimum Gasteiger partial charge on any atom is -0.496 e. The summed E-state index contributed by atoms with van der Waals surface area (Å²) in [5, 5.41) is 9.89. The van der Waals surface area contributed by atoms with E-state index in [4.69, 9.17) is 9.47 Å². The van der Waals surface area contributed by atoms with Gasteiger partial charge in [-0.3, -0.25) is 0 Å². The van der Waals surface area contributed by atoms with Crippen molar-refractivity contribution < 1.29 is 14.6 Å². The molecule has 1 aromatic rings. The Hall–Kier alpha value is -1.06. The van der Waals surface area contributed by atoms with E-state index in [1.165, 1.54) is 12.0 Å². The van der Waals surface area contributed by atoms with Crippen LogP contribution in [0.25, 0.3) is 0 Å². The Balaban J connectivity index is 2.00. The molecular weight excluding hydrogens is 240 g/mol. The molecule has 3 rings (SSSR count). The van der Waals surface area contributed by atoms with Crippen LogP contribution in [0.1, 0.15) is 30.4 Å². The predicted molar refractivity (Wildman–Crippen MR) is 73.6 cm³/mol. The number of rotatable bonds is 4. The van der Waals surface area contributed by atoms with E-state index in [-0.39, 0.29) is 17.4 Å². The molecule has 0 aromatic heterocycles. The van der Waals surface area contributed by atoms with E-state index in [9.17, 15) is 5.11 Å². The molecule has 2 aliphatic rings. The Labute approximate surface area is 114 Å². The second kappa shape index (κ2) is 4.50. The van der Waals surface area contributed by atoms with Crippen LogP contribution in [0.3, 0.4) is 0 Å². The number of hydrogen-bond donors (Lipinski definition) is 1. The van der Waals surface area contributed by atoms with Crippen molar-refractivity contribution in [2.24, 2.45) is 5.41 Å². The molecule has 1 saturated carbocycles. The highest BCUT2D eigenvalue weighted by Gasteiger charge is 2.59. The van der Waals surface area contributed by atoms with Gasteiger partial charge in [-0.15, -0.1) is 0 Å². The number of ether oxygens (including phenoxy) is 2. The van der Waals surface area contributed by atoms with Crippen molar-refractivity contribution in [3.63, 3.8) is 0 Å². The molecule has 3 nitrogen and oxygen atoms in total. The standard InChI is InChI=1S/C16H22O3/c1-12-8-13(4-5-14(12)18-2)16(10-19-11-16)15(9-17)6-3-7-15/h4-5,8,17H,3,6-7,9-11H2,1-2H3. The predicted octanol–water partition coefficient (Wildman–Crippen LogP) is 2.43. The summed E-state index contributed by atoms with van der Waals surface area (Å²) < 4.78 is 10.9. The number of aliphatic hydroxyl groups is 1. The molecule has 1 aliphatic carbocycles. The second-order valence-corrected chi connectivity index (χ2v) is 6.05. The van der Waals surface area contributed by atoms with Crippen molar-refractivity contribution in [2.75, 3.05) is 26.9 Å². The van der Waals surface area contributed by atoms with Gasteiger partial charge in [-0.1, -0.05) is 18.6 Å². The number of aliphatic hydroxyl groups excluding tert-OH is 1. The number of hydrogen-bond acceptors (Lipinski definition) is 3. The van der Waals surface area contributed by atoms with Crippen molar-refractivity contribution in [3.8, 4) is 5.75 Å². The number of aryl methyl sites for hydroxylation is 1. The van der Waals surface area contributed by atoms with Gasteiger partial charge in [0.2, 0.25) is 0 Å². The van der Waals surface area contributed by atoms with Crippen LogP contribution in [0.2, 0.25) is 0 Å². The van der Waals surface area contributed by atoms with Gasteiger partial charge in [0.1, 0.15) is 5.75 Å². The third-order valence-corrected chi connectivity index (χ3v) is 5.27. The lowest BCUT2D eigenvalue weighted by Gasteiger charge is -2.59.